The lowest BCUT2D eigenvalue weighted by Crippen LogP contribution is -2.50. The Bertz CT molecular complexity index is 908. The van der Waals surface area contributed by atoms with E-state index in [1.807, 2.05) is 32.9 Å². The fourth-order valence-electron chi connectivity index (χ4n) is 3.58. The number of nitrogens with one attached hydrogen (secondary N) is 2. The van der Waals surface area contributed by atoms with Crippen molar-refractivity contribution in [3.8, 4) is 0 Å². The number of amides is 3. The number of nitrogens with zero attached hydrogens (tertiary/aromatic N) is 1. The Hall–Kier alpha value is -3.10. The number of carbonyl (C=O) groups excluding carboxylic acids is 4. The lowest BCUT2D eigenvalue weighted by molar-refractivity contribution is -0.144. The Balaban J connectivity index is 2.35. The van der Waals surface area contributed by atoms with Crippen molar-refractivity contribution in [2.45, 2.75) is 65.6 Å². The SMILES string of the molecule is COC(=O)CNC(=O)C(c1cccc(C)c1C)N(C(=O)CNC(=O)OC(C)(C)C)C1CC1C. The van der Waals surface area contributed by atoms with E-state index in [9.17, 15) is 19.2 Å². The Morgan fingerprint density at radius 3 is 2.30 bits per heavy atom. The third-order valence-corrected chi connectivity index (χ3v) is 5.60. The van der Waals surface area contributed by atoms with Crippen LogP contribution in [0.2, 0.25) is 0 Å². The summed E-state index contributed by atoms with van der Waals surface area (Å²) in [5.41, 5.74) is 1.82. The van der Waals surface area contributed by atoms with Crippen molar-refractivity contribution >= 4 is 23.9 Å². The van der Waals surface area contributed by atoms with Crippen molar-refractivity contribution in [1.29, 1.82) is 0 Å². The van der Waals surface area contributed by atoms with Crippen LogP contribution in [0.4, 0.5) is 4.79 Å². The number of rotatable bonds is 8. The first-order chi connectivity index (χ1) is 15.4. The molecule has 1 aromatic carbocycles. The molecule has 0 bridgehead atoms. The molecule has 2 rings (SSSR count). The number of alkyl carbamates (subject to hydrolysis) is 1. The Morgan fingerprint density at radius 2 is 1.76 bits per heavy atom. The highest BCUT2D eigenvalue weighted by Gasteiger charge is 2.46. The van der Waals surface area contributed by atoms with Gasteiger partial charge in [-0.3, -0.25) is 14.4 Å². The first-order valence-corrected chi connectivity index (χ1v) is 11.0. The monoisotopic (exact) mass is 461 g/mol. The van der Waals surface area contributed by atoms with Crippen LogP contribution in [0.3, 0.4) is 0 Å². The standard InChI is InChI=1S/C24H35N3O6/c1-14-9-8-10-17(16(14)3)21(22(30)25-13-20(29)32-7)27(18-11-15(18)2)19(28)12-26-23(31)33-24(4,5)6/h8-10,15,18,21H,11-13H2,1-7H3,(H,25,30)(H,26,31). The van der Waals surface area contributed by atoms with Gasteiger partial charge in [-0.15, -0.1) is 0 Å². The molecule has 1 saturated carbocycles. The van der Waals surface area contributed by atoms with Gasteiger partial charge < -0.3 is 25.0 Å². The second kappa shape index (κ2) is 10.7. The second-order valence-electron chi connectivity index (χ2n) is 9.42. The van der Waals surface area contributed by atoms with Gasteiger partial charge in [0.15, 0.2) is 0 Å². The number of methoxy groups -OCH3 is 1. The topological polar surface area (TPSA) is 114 Å². The number of aryl methyl sites for hydroxylation is 1. The van der Waals surface area contributed by atoms with Crippen molar-refractivity contribution in [1.82, 2.24) is 15.5 Å². The quantitative estimate of drug-likeness (QED) is 0.575. The summed E-state index contributed by atoms with van der Waals surface area (Å²) in [5.74, 6) is -1.28. The second-order valence-corrected chi connectivity index (χ2v) is 9.42. The van der Waals surface area contributed by atoms with Gasteiger partial charge in [0.1, 0.15) is 24.7 Å². The van der Waals surface area contributed by atoms with E-state index in [0.29, 0.717) is 5.56 Å². The maximum absolute atomic E-state index is 13.3. The van der Waals surface area contributed by atoms with Gasteiger partial charge in [0.2, 0.25) is 11.8 Å². The van der Waals surface area contributed by atoms with Crippen molar-refractivity contribution < 1.29 is 28.7 Å². The fourth-order valence-corrected chi connectivity index (χ4v) is 3.58. The largest absolute Gasteiger partial charge is 0.468 e. The van der Waals surface area contributed by atoms with E-state index in [1.54, 1.807) is 26.8 Å². The molecular weight excluding hydrogens is 426 g/mol. The molecule has 1 aliphatic carbocycles. The normalized spacial score (nSPS) is 18.0. The average molecular weight is 462 g/mol. The van der Waals surface area contributed by atoms with Crippen molar-refractivity contribution in [2.24, 2.45) is 5.92 Å². The van der Waals surface area contributed by atoms with E-state index >= 15 is 0 Å². The summed E-state index contributed by atoms with van der Waals surface area (Å²) in [4.78, 5) is 51.9. The zero-order chi connectivity index (χ0) is 24.9. The van der Waals surface area contributed by atoms with Crippen molar-refractivity contribution in [3.63, 3.8) is 0 Å². The molecule has 9 heteroatoms. The van der Waals surface area contributed by atoms with E-state index < -0.39 is 35.5 Å². The predicted molar refractivity (Wildman–Crippen MR) is 122 cm³/mol. The van der Waals surface area contributed by atoms with Crippen LogP contribution < -0.4 is 10.6 Å². The molecule has 3 unspecified atom stereocenters. The molecule has 0 aromatic heterocycles. The number of benzene rings is 1. The number of hydrogen-bond acceptors (Lipinski definition) is 6. The summed E-state index contributed by atoms with van der Waals surface area (Å²) in [5, 5.41) is 5.08. The lowest BCUT2D eigenvalue weighted by Gasteiger charge is -2.33. The summed E-state index contributed by atoms with van der Waals surface area (Å²) in [6.45, 7) is 10.4. The summed E-state index contributed by atoms with van der Waals surface area (Å²) >= 11 is 0. The summed E-state index contributed by atoms with van der Waals surface area (Å²) in [6, 6.07) is 4.44. The van der Waals surface area contributed by atoms with E-state index in [2.05, 4.69) is 15.4 Å². The molecule has 3 atom stereocenters. The van der Waals surface area contributed by atoms with Gasteiger partial charge in [0, 0.05) is 6.04 Å². The van der Waals surface area contributed by atoms with E-state index in [-0.39, 0.29) is 25.0 Å². The summed E-state index contributed by atoms with van der Waals surface area (Å²) in [7, 11) is 1.24. The Morgan fingerprint density at radius 1 is 1.12 bits per heavy atom. The molecule has 0 radical (unpaired) electrons. The lowest BCUT2D eigenvalue weighted by atomic mass is 9.95. The van der Waals surface area contributed by atoms with Gasteiger partial charge in [0.25, 0.3) is 0 Å². The molecule has 1 aromatic rings. The van der Waals surface area contributed by atoms with Gasteiger partial charge in [-0.2, -0.15) is 0 Å². The number of hydrogen-bond donors (Lipinski definition) is 2. The maximum atomic E-state index is 13.3. The molecule has 1 aliphatic rings. The predicted octanol–water partition coefficient (Wildman–Crippen LogP) is 2.40. The molecule has 9 nitrogen and oxygen atoms in total. The van der Waals surface area contributed by atoms with Crippen LogP contribution in [0.25, 0.3) is 0 Å². The maximum Gasteiger partial charge on any atom is 0.408 e. The van der Waals surface area contributed by atoms with Crippen molar-refractivity contribution in [2.75, 3.05) is 20.2 Å². The zero-order valence-corrected chi connectivity index (χ0v) is 20.5. The highest BCUT2D eigenvalue weighted by Crippen LogP contribution is 2.41. The van der Waals surface area contributed by atoms with Gasteiger partial charge in [-0.25, -0.2) is 4.79 Å². The van der Waals surface area contributed by atoms with Crippen LogP contribution in [-0.4, -0.2) is 60.6 Å². The van der Waals surface area contributed by atoms with Gasteiger partial charge in [-0.05, 0) is 63.6 Å². The first-order valence-electron chi connectivity index (χ1n) is 11.0. The molecule has 3 amide bonds. The summed E-state index contributed by atoms with van der Waals surface area (Å²) < 4.78 is 9.84. The van der Waals surface area contributed by atoms with Crippen LogP contribution in [-0.2, 0) is 23.9 Å². The van der Waals surface area contributed by atoms with Gasteiger partial charge >= 0.3 is 12.1 Å². The minimum absolute atomic E-state index is 0.160. The minimum Gasteiger partial charge on any atom is -0.468 e. The third kappa shape index (κ3) is 7.20. The van der Waals surface area contributed by atoms with E-state index in [1.165, 1.54) is 12.0 Å². The Kier molecular flexibility index (Phi) is 8.46. The molecule has 33 heavy (non-hydrogen) atoms. The number of ether oxygens (including phenoxy) is 2. The van der Waals surface area contributed by atoms with Crippen LogP contribution in [0, 0.1) is 19.8 Å². The summed E-state index contributed by atoms with van der Waals surface area (Å²) in [6.07, 6.45) is 0.0298. The molecule has 0 spiro atoms. The molecule has 0 saturated heterocycles. The minimum atomic E-state index is -0.961. The van der Waals surface area contributed by atoms with Gasteiger partial charge in [-0.1, -0.05) is 25.1 Å². The Labute approximate surface area is 195 Å². The van der Waals surface area contributed by atoms with Gasteiger partial charge in [0.05, 0.1) is 7.11 Å². The van der Waals surface area contributed by atoms with E-state index in [4.69, 9.17) is 4.74 Å². The number of esters is 1. The molecule has 182 valence electrons. The average Bonchev–Trinajstić information content (AvgIpc) is 3.45. The molecule has 0 aliphatic heterocycles. The fraction of sp³-hybridized carbons (Fsp3) is 0.583. The van der Waals surface area contributed by atoms with Crippen LogP contribution in [0.1, 0.15) is 56.8 Å². The van der Waals surface area contributed by atoms with E-state index in [0.717, 1.165) is 17.5 Å². The smallest absolute Gasteiger partial charge is 0.408 e. The highest BCUT2D eigenvalue weighted by molar-refractivity contribution is 5.92. The van der Waals surface area contributed by atoms with Crippen LogP contribution in [0.15, 0.2) is 18.2 Å². The van der Waals surface area contributed by atoms with Crippen LogP contribution in [0.5, 0.6) is 0 Å². The highest BCUT2D eigenvalue weighted by atomic mass is 16.6. The number of carbonyl (C=O) groups is 4. The first kappa shape index (κ1) is 26.2. The molecular formula is C24H35N3O6. The molecule has 1 fully saturated rings. The zero-order valence-electron chi connectivity index (χ0n) is 20.5. The van der Waals surface area contributed by atoms with Crippen LogP contribution >= 0.6 is 0 Å². The van der Waals surface area contributed by atoms with Crippen molar-refractivity contribution in [3.05, 3.63) is 34.9 Å². The third-order valence-electron chi connectivity index (χ3n) is 5.60. The molecule has 2 N–H and O–H groups in total. The molecule has 0 heterocycles.